The zero-order valence-corrected chi connectivity index (χ0v) is 17.9. The van der Waals surface area contributed by atoms with Crippen LogP contribution in [-0.4, -0.2) is 19.5 Å². The van der Waals surface area contributed by atoms with Gasteiger partial charge in [-0.3, -0.25) is 0 Å². The molecule has 0 saturated heterocycles. The van der Waals surface area contributed by atoms with Crippen LogP contribution in [0.1, 0.15) is 28.9 Å². The van der Waals surface area contributed by atoms with Crippen LogP contribution < -0.4 is 5.73 Å². The number of hydrogen-bond donors (Lipinski definition) is 2. The van der Waals surface area contributed by atoms with E-state index in [1.165, 1.54) is 12.1 Å². The third-order valence-corrected chi connectivity index (χ3v) is 5.67. The molecule has 32 heavy (non-hydrogen) atoms. The molecule has 5 nitrogen and oxygen atoms in total. The summed E-state index contributed by atoms with van der Waals surface area (Å²) in [5.41, 5.74) is 11.0. The van der Waals surface area contributed by atoms with Crippen molar-refractivity contribution in [3.05, 3.63) is 113 Å². The maximum absolute atomic E-state index is 13.3. The van der Waals surface area contributed by atoms with Gasteiger partial charge in [0.05, 0.1) is 16.7 Å². The number of rotatable bonds is 6. The minimum absolute atomic E-state index is 0.281. The molecule has 1 atom stereocenters. The maximum Gasteiger partial charge on any atom is 0.123 e. The van der Waals surface area contributed by atoms with Crippen molar-refractivity contribution in [3.63, 3.8) is 0 Å². The summed E-state index contributed by atoms with van der Waals surface area (Å²) < 4.78 is 15.3. The van der Waals surface area contributed by atoms with Gasteiger partial charge in [0.2, 0.25) is 0 Å². The molecule has 0 aliphatic heterocycles. The standard InChI is InChI=1S/C25H21ClFN5/c26-17-7-11-20(12-8-17)32-15-19(13-24-30-22-3-1-2-4-23(22)31-24)29-25(32)14-21(28)16-5-9-18(27)10-6-16/h1-12,15,21H,13-14,28H2,(H,30,31). The van der Waals surface area contributed by atoms with Crippen LogP contribution >= 0.6 is 11.6 Å². The van der Waals surface area contributed by atoms with Crippen LogP contribution in [0.25, 0.3) is 16.7 Å². The molecule has 0 radical (unpaired) electrons. The number of aromatic amines is 1. The molecule has 2 heterocycles. The third-order valence-electron chi connectivity index (χ3n) is 5.42. The first-order valence-electron chi connectivity index (χ1n) is 10.3. The van der Waals surface area contributed by atoms with Gasteiger partial charge >= 0.3 is 0 Å². The number of hydrogen-bond acceptors (Lipinski definition) is 3. The van der Waals surface area contributed by atoms with E-state index in [9.17, 15) is 4.39 Å². The second kappa shape index (κ2) is 8.57. The lowest BCUT2D eigenvalue weighted by molar-refractivity contribution is 0.622. The molecule has 0 amide bonds. The molecular formula is C25H21ClFN5. The van der Waals surface area contributed by atoms with Crippen LogP contribution in [0.2, 0.25) is 5.02 Å². The van der Waals surface area contributed by atoms with Gasteiger partial charge in [0, 0.05) is 35.8 Å². The highest BCUT2D eigenvalue weighted by Gasteiger charge is 2.16. The molecule has 0 fully saturated rings. The molecule has 0 aliphatic rings. The van der Waals surface area contributed by atoms with Crippen molar-refractivity contribution < 1.29 is 4.39 Å². The van der Waals surface area contributed by atoms with Crippen molar-refractivity contribution in [3.8, 4) is 5.69 Å². The van der Waals surface area contributed by atoms with Gasteiger partial charge in [-0.2, -0.15) is 0 Å². The lowest BCUT2D eigenvalue weighted by atomic mass is 10.0. The fraction of sp³-hybridized carbons (Fsp3) is 0.120. The van der Waals surface area contributed by atoms with E-state index in [1.807, 2.05) is 59.3 Å². The zero-order valence-electron chi connectivity index (χ0n) is 17.2. The Kier molecular flexibility index (Phi) is 5.47. The van der Waals surface area contributed by atoms with E-state index >= 15 is 0 Å². The van der Waals surface area contributed by atoms with Crippen LogP contribution in [0, 0.1) is 5.82 Å². The summed E-state index contributed by atoms with van der Waals surface area (Å²) in [6.07, 6.45) is 3.06. The summed E-state index contributed by atoms with van der Waals surface area (Å²) in [6, 6.07) is 21.5. The Morgan fingerprint density at radius 3 is 2.47 bits per heavy atom. The third kappa shape index (κ3) is 4.28. The molecule has 5 aromatic rings. The van der Waals surface area contributed by atoms with Crippen LogP contribution in [-0.2, 0) is 12.8 Å². The number of para-hydroxylation sites is 2. The van der Waals surface area contributed by atoms with Gasteiger partial charge in [-0.05, 0) is 54.1 Å². The number of halogens is 2. The predicted octanol–water partition coefficient (Wildman–Crippen LogP) is 5.37. The van der Waals surface area contributed by atoms with Gasteiger partial charge in [-0.15, -0.1) is 0 Å². The molecule has 0 saturated carbocycles. The summed E-state index contributed by atoms with van der Waals surface area (Å²) in [5, 5.41) is 0.668. The van der Waals surface area contributed by atoms with Crippen molar-refractivity contribution in [1.82, 2.24) is 19.5 Å². The van der Waals surface area contributed by atoms with E-state index < -0.39 is 0 Å². The average molecular weight is 446 g/mol. The highest BCUT2D eigenvalue weighted by molar-refractivity contribution is 6.30. The van der Waals surface area contributed by atoms with Crippen molar-refractivity contribution in [2.24, 2.45) is 5.73 Å². The summed E-state index contributed by atoms with van der Waals surface area (Å²) in [4.78, 5) is 12.9. The highest BCUT2D eigenvalue weighted by Crippen LogP contribution is 2.22. The largest absolute Gasteiger partial charge is 0.342 e. The lowest BCUT2D eigenvalue weighted by Gasteiger charge is -2.13. The Hall–Kier alpha value is -3.48. The minimum Gasteiger partial charge on any atom is -0.342 e. The normalized spacial score (nSPS) is 12.3. The van der Waals surface area contributed by atoms with E-state index in [1.54, 1.807) is 12.1 Å². The second-order valence-electron chi connectivity index (χ2n) is 7.73. The molecule has 1 unspecified atom stereocenters. The highest BCUT2D eigenvalue weighted by atomic mass is 35.5. The molecule has 160 valence electrons. The summed E-state index contributed by atoms with van der Waals surface area (Å²) in [5.74, 6) is 1.38. The fourth-order valence-corrected chi connectivity index (χ4v) is 3.94. The lowest BCUT2D eigenvalue weighted by Crippen LogP contribution is -2.16. The van der Waals surface area contributed by atoms with Gasteiger partial charge in [0.1, 0.15) is 17.5 Å². The molecule has 3 aromatic carbocycles. The topological polar surface area (TPSA) is 72.5 Å². The zero-order chi connectivity index (χ0) is 22.1. The number of fused-ring (bicyclic) bond motifs is 1. The molecule has 0 aliphatic carbocycles. The van der Waals surface area contributed by atoms with Crippen molar-refractivity contribution >= 4 is 22.6 Å². The summed E-state index contributed by atoms with van der Waals surface area (Å²) >= 11 is 6.08. The Bertz CT molecular complexity index is 1320. The van der Waals surface area contributed by atoms with E-state index in [0.717, 1.165) is 39.6 Å². The Labute approximate surface area is 189 Å². The van der Waals surface area contributed by atoms with Gasteiger partial charge < -0.3 is 15.3 Å². The second-order valence-corrected chi connectivity index (χ2v) is 8.17. The summed E-state index contributed by atoms with van der Waals surface area (Å²) in [7, 11) is 0. The van der Waals surface area contributed by atoms with E-state index in [0.29, 0.717) is 17.9 Å². The number of H-pyrrole nitrogens is 1. The Morgan fingerprint density at radius 2 is 1.72 bits per heavy atom. The first kappa shape index (κ1) is 20.4. The monoisotopic (exact) mass is 445 g/mol. The summed E-state index contributed by atoms with van der Waals surface area (Å²) in [6.45, 7) is 0. The molecule has 0 bridgehead atoms. The van der Waals surface area contributed by atoms with Crippen molar-refractivity contribution in [2.75, 3.05) is 0 Å². The van der Waals surface area contributed by atoms with Crippen molar-refractivity contribution in [2.45, 2.75) is 18.9 Å². The first-order valence-corrected chi connectivity index (χ1v) is 10.7. The molecule has 5 rings (SSSR count). The quantitative estimate of drug-likeness (QED) is 0.369. The van der Waals surface area contributed by atoms with Crippen LogP contribution in [0.4, 0.5) is 4.39 Å². The number of nitrogens with two attached hydrogens (primary N) is 1. The molecule has 0 spiro atoms. The number of nitrogens with one attached hydrogen (secondary N) is 1. The molecular weight excluding hydrogens is 425 g/mol. The molecule has 2 aromatic heterocycles. The Morgan fingerprint density at radius 1 is 0.969 bits per heavy atom. The molecule has 3 N–H and O–H groups in total. The van der Waals surface area contributed by atoms with Gasteiger partial charge in [-0.1, -0.05) is 35.9 Å². The minimum atomic E-state index is -0.317. The SMILES string of the molecule is NC(Cc1nc(Cc2nc3ccccc3[nH]2)cn1-c1ccc(Cl)cc1)c1ccc(F)cc1. The smallest absolute Gasteiger partial charge is 0.123 e. The van der Waals surface area contributed by atoms with Crippen molar-refractivity contribution in [1.29, 1.82) is 0 Å². The fourth-order valence-electron chi connectivity index (χ4n) is 3.81. The van der Waals surface area contributed by atoms with Crippen LogP contribution in [0.3, 0.4) is 0 Å². The average Bonchev–Trinajstić information content (AvgIpc) is 3.38. The van der Waals surface area contributed by atoms with E-state index in [2.05, 4.69) is 9.97 Å². The number of aromatic nitrogens is 4. The first-order chi connectivity index (χ1) is 15.5. The molecule has 7 heteroatoms. The number of nitrogens with zero attached hydrogens (tertiary/aromatic N) is 3. The van der Waals surface area contributed by atoms with Gasteiger partial charge in [-0.25, -0.2) is 14.4 Å². The number of imidazole rings is 2. The van der Waals surface area contributed by atoms with Crippen LogP contribution in [0.15, 0.2) is 79.0 Å². The van der Waals surface area contributed by atoms with Gasteiger partial charge in [0.25, 0.3) is 0 Å². The van der Waals surface area contributed by atoms with E-state index in [4.69, 9.17) is 22.3 Å². The maximum atomic E-state index is 13.3. The van der Waals surface area contributed by atoms with Crippen LogP contribution in [0.5, 0.6) is 0 Å². The number of benzene rings is 3. The predicted molar refractivity (Wildman–Crippen MR) is 125 cm³/mol. The van der Waals surface area contributed by atoms with Gasteiger partial charge in [0.15, 0.2) is 0 Å². The van der Waals surface area contributed by atoms with E-state index in [-0.39, 0.29) is 11.9 Å². The Balaban J connectivity index is 1.48.